The van der Waals surface area contributed by atoms with Gasteiger partial charge in [0.05, 0.1) is 60.9 Å². The molecule has 12 heteroatoms. The number of fused-ring (bicyclic) bond motifs is 4. The molecule has 6 rings (SSSR count). The second-order valence-corrected chi connectivity index (χ2v) is 16.4. The van der Waals surface area contributed by atoms with Crippen molar-refractivity contribution in [1.82, 2.24) is 9.80 Å². The maximum absolute atomic E-state index is 15.1. The van der Waals surface area contributed by atoms with E-state index in [2.05, 4.69) is 60.9 Å². The number of allylic oxidation sites excluding steroid dienone is 1. The zero-order chi connectivity index (χ0) is 41.3. The third-order valence-electron chi connectivity index (χ3n) is 13.0. The first kappa shape index (κ1) is 44.0. The number of aliphatic hydroxyl groups is 1. The Bertz CT molecular complexity index is 1700. The van der Waals surface area contributed by atoms with Gasteiger partial charge in [-0.05, 0) is 115 Å². The largest absolute Gasteiger partial charge is 0.493 e. The molecule has 12 nitrogen and oxygen atoms in total. The summed E-state index contributed by atoms with van der Waals surface area (Å²) in [5, 5.41) is 8.99. The number of hydrogen-bond donors (Lipinski definition) is 1. The van der Waals surface area contributed by atoms with E-state index in [1.54, 1.807) is 28.4 Å². The van der Waals surface area contributed by atoms with Crippen molar-refractivity contribution >= 4 is 5.91 Å². The van der Waals surface area contributed by atoms with Crippen LogP contribution in [0.3, 0.4) is 0 Å². The minimum atomic E-state index is -0.578. The lowest BCUT2D eigenvalue weighted by Crippen LogP contribution is -2.48. The molecule has 1 fully saturated rings. The summed E-state index contributed by atoms with van der Waals surface area (Å²) in [5.41, 5.74) is 4.95. The fourth-order valence-electron chi connectivity index (χ4n) is 10.0. The molecule has 0 radical (unpaired) electrons. The number of methoxy groups -OCH3 is 4. The summed E-state index contributed by atoms with van der Waals surface area (Å²) < 4.78 is 47.2. The normalized spacial score (nSPS) is 25.6. The van der Waals surface area contributed by atoms with Crippen molar-refractivity contribution in [2.24, 2.45) is 29.6 Å². The van der Waals surface area contributed by atoms with Gasteiger partial charge in [0.25, 0.3) is 5.91 Å². The molecule has 4 aliphatic heterocycles. The minimum absolute atomic E-state index is 0.00701. The highest BCUT2D eigenvalue weighted by Crippen LogP contribution is 2.50. The van der Waals surface area contributed by atoms with Crippen molar-refractivity contribution in [2.45, 2.75) is 84.6 Å². The first-order chi connectivity index (χ1) is 28.2. The molecule has 1 saturated heterocycles. The Kier molecular flexibility index (Phi) is 15.6. The highest BCUT2D eigenvalue weighted by molar-refractivity contribution is 5.92. The van der Waals surface area contributed by atoms with Crippen LogP contribution in [-0.4, -0.2) is 115 Å². The van der Waals surface area contributed by atoms with E-state index in [4.69, 9.17) is 43.0 Å². The molecular weight excluding hydrogens is 741 g/mol. The number of benzene rings is 2. The first-order valence-electron chi connectivity index (χ1n) is 21.5. The quantitative estimate of drug-likeness (QED) is 0.152. The highest BCUT2D eigenvalue weighted by atomic mass is 16.7. The maximum Gasteiger partial charge on any atom is 0.289 e. The van der Waals surface area contributed by atoms with E-state index in [0.29, 0.717) is 81.5 Å². The Labute approximate surface area is 346 Å². The van der Waals surface area contributed by atoms with Crippen molar-refractivity contribution in [3.05, 3.63) is 58.4 Å². The average Bonchev–Trinajstić information content (AvgIpc) is 3.24. The molecule has 1 amide bonds. The number of ether oxygens (including phenoxy) is 8. The molecule has 7 unspecified atom stereocenters. The van der Waals surface area contributed by atoms with E-state index in [1.165, 1.54) is 16.7 Å². The van der Waals surface area contributed by atoms with Gasteiger partial charge in [-0.1, -0.05) is 27.2 Å². The van der Waals surface area contributed by atoms with Crippen LogP contribution in [0.4, 0.5) is 0 Å². The molecule has 0 aliphatic carbocycles. The number of carbonyl (C=O) groups excluding carboxylic acids is 1. The third-order valence-corrected chi connectivity index (χ3v) is 13.0. The Morgan fingerprint density at radius 2 is 1.45 bits per heavy atom. The molecule has 1 N–H and O–H groups in total. The summed E-state index contributed by atoms with van der Waals surface area (Å²) in [5.74, 6) is 4.31. The summed E-state index contributed by atoms with van der Waals surface area (Å²) in [6, 6.07) is 8.61. The summed E-state index contributed by atoms with van der Waals surface area (Å²) >= 11 is 0. The van der Waals surface area contributed by atoms with E-state index in [9.17, 15) is 0 Å². The van der Waals surface area contributed by atoms with Crippen molar-refractivity contribution < 1.29 is 47.8 Å². The number of rotatable bonds is 19. The summed E-state index contributed by atoms with van der Waals surface area (Å²) in [7, 11) is 6.75. The van der Waals surface area contributed by atoms with Gasteiger partial charge in [-0.15, -0.1) is 0 Å². The predicted octanol–water partition coefficient (Wildman–Crippen LogP) is 6.76. The molecule has 0 saturated carbocycles. The van der Waals surface area contributed by atoms with E-state index in [-0.39, 0.29) is 42.4 Å². The fraction of sp³-hybridized carbons (Fsp3) is 0.674. The van der Waals surface area contributed by atoms with Crippen molar-refractivity contribution in [1.29, 1.82) is 0 Å². The van der Waals surface area contributed by atoms with Gasteiger partial charge in [0.1, 0.15) is 0 Å². The molecule has 4 aliphatic rings. The van der Waals surface area contributed by atoms with Crippen LogP contribution in [0.2, 0.25) is 0 Å². The Morgan fingerprint density at radius 3 is 2.07 bits per heavy atom. The zero-order valence-corrected chi connectivity index (χ0v) is 36.1. The van der Waals surface area contributed by atoms with Crippen molar-refractivity contribution in [3.63, 3.8) is 0 Å². The molecule has 58 heavy (non-hydrogen) atoms. The number of carbonyl (C=O) groups is 1. The molecule has 0 aromatic heterocycles. The van der Waals surface area contributed by atoms with Crippen LogP contribution in [0.5, 0.6) is 23.0 Å². The molecule has 2 aromatic rings. The second-order valence-electron chi connectivity index (χ2n) is 16.4. The lowest BCUT2D eigenvalue weighted by molar-refractivity contribution is -0.181. The van der Waals surface area contributed by atoms with Gasteiger partial charge in [-0.3, -0.25) is 9.69 Å². The fourth-order valence-corrected chi connectivity index (χ4v) is 10.0. The zero-order valence-electron chi connectivity index (χ0n) is 36.1. The molecule has 7 atom stereocenters. The van der Waals surface area contributed by atoms with Gasteiger partial charge >= 0.3 is 0 Å². The Hall–Kier alpha value is -3.55. The summed E-state index contributed by atoms with van der Waals surface area (Å²) in [4.78, 5) is 19.8. The topological polar surface area (TPSA) is 118 Å². The van der Waals surface area contributed by atoms with Crippen molar-refractivity contribution in [2.75, 3.05) is 87.7 Å². The van der Waals surface area contributed by atoms with Gasteiger partial charge in [-0.2, -0.15) is 0 Å². The third kappa shape index (κ3) is 9.57. The van der Waals surface area contributed by atoms with Gasteiger partial charge in [0.2, 0.25) is 6.29 Å². The average molecular weight is 809 g/mol. The second kappa shape index (κ2) is 20.6. The van der Waals surface area contributed by atoms with Crippen LogP contribution in [-0.2, 0) is 36.6 Å². The van der Waals surface area contributed by atoms with Crippen LogP contribution >= 0.6 is 0 Å². The number of nitrogens with zero attached hydrogens (tertiary/aromatic N) is 2. The maximum atomic E-state index is 15.1. The number of hydrogen-bond acceptors (Lipinski definition) is 11. The molecule has 322 valence electrons. The standard InChI is InChI=1S/C46H68N2O10/c1-9-30-28-47-14-11-31-23-40(51-5)42(53-7)26-36(31)38(47)21-33(30)22-39-37-27-43(54-8)41(52-6)24-32(37)12-15-48(39)45(50)44-25-35(29(3)4)34(46(58-44)57-10-2)13-17-55-19-20-56-18-16-49/h23-27,29-30,33-35,38-39,46,49H,9-22,28H2,1-8H3. The number of aliphatic hydroxyl groups excluding tert-OH is 1. The van der Waals surface area contributed by atoms with Gasteiger partial charge < -0.3 is 47.9 Å². The predicted molar refractivity (Wildman–Crippen MR) is 222 cm³/mol. The summed E-state index contributed by atoms with van der Waals surface area (Å²) in [6.07, 6.45) is 6.75. The first-order valence-corrected chi connectivity index (χ1v) is 21.5. The molecule has 0 bridgehead atoms. The summed E-state index contributed by atoms with van der Waals surface area (Å²) in [6.45, 7) is 13.4. The number of amides is 1. The smallest absolute Gasteiger partial charge is 0.289 e. The van der Waals surface area contributed by atoms with Crippen LogP contribution in [0.25, 0.3) is 0 Å². The lowest BCUT2D eigenvalue weighted by atomic mass is 9.72. The highest BCUT2D eigenvalue weighted by Gasteiger charge is 2.45. The van der Waals surface area contributed by atoms with Crippen LogP contribution in [0, 0.1) is 29.6 Å². The van der Waals surface area contributed by atoms with Crippen LogP contribution in [0.15, 0.2) is 36.1 Å². The van der Waals surface area contributed by atoms with Gasteiger partial charge in [0.15, 0.2) is 28.8 Å². The number of piperidine rings is 1. The van der Waals surface area contributed by atoms with Gasteiger partial charge in [0, 0.05) is 44.8 Å². The molecule has 4 heterocycles. The van der Waals surface area contributed by atoms with Crippen LogP contribution in [0.1, 0.15) is 87.7 Å². The van der Waals surface area contributed by atoms with Crippen molar-refractivity contribution in [3.8, 4) is 23.0 Å². The van der Waals surface area contributed by atoms with E-state index in [0.717, 1.165) is 55.8 Å². The van der Waals surface area contributed by atoms with E-state index < -0.39 is 6.29 Å². The minimum Gasteiger partial charge on any atom is -0.493 e. The Balaban J connectivity index is 1.31. The Morgan fingerprint density at radius 1 is 0.828 bits per heavy atom. The van der Waals surface area contributed by atoms with Crippen LogP contribution < -0.4 is 18.9 Å². The van der Waals surface area contributed by atoms with Gasteiger partial charge in [-0.25, -0.2) is 0 Å². The van der Waals surface area contributed by atoms with E-state index >= 15 is 4.79 Å². The molecular formula is C46H68N2O10. The lowest BCUT2D eigenvalue weighted by Gasteiger charge is -2.49. The SMILES string of the molecule is CCOC1OC(C(=O)N2CCc3cc(OC)c(OC)cc3C2CC2CC3c4cc(OC)c(OC)cc4CCN3CC2CC)=CC(C(C)C)C1CCOCCOCCO. The monoisotopic (exact) mass is 808 g/mol. The molecule has 0 spiro atoms. The molecule has 2 aromatic carbocycles. The van der Waals surface area contributed by atoms with E-state index in [1.807, 2.05) is 6.92 Å².